The van der Waals surface area contributed by atoms with Gasteiger partial charge in [-0.1, -0.05) is 76.2 Å². The summed E-state index contributed by atoms with van der Waals surface area (Å²) in [5.41, 5.74) is 2.94. The zero-order valence-corrected chi connectivity index (χ0v) is 25.0. The molecule has 1 amide bonds. The van der Waals surface area contributed by atoms with Crippen molar-refractivity contribution in [2.24, 2.45) is 0 Å². The zero-order valence-electron chi connectivity index (χ0n) is 22.6. The molecule has 0 bridgehead atoms. The average molecular weight is 587 g/mol. The van der Waals surface area contributed by atoms with Crippen LogP contribution in [0.25, 0.3) is 11.3 Å². The minimum atomic E-state index is -0.720. The van der Waals surface area contributed by atoms with Gasteiger partial charge in [-0.05, 0) is 51.6 Å². The molecule has 0 unspecified atom stereocenters. The molecule has 2 aromatic carbocycles. The van der Waals surface area contributed by atoms with Gasteiger partial charge in [-0.25, -0.2) is 4.90 Å². The van der Waals surface area contributed by atoms with Gasteiger partial charge >= 0.3 is 11.3 Å². The van der Waals surface area contributed by atoms with Crippen LogP contribution in [0.1, 0.15) is 78.2 Å². The number of nitrogens with zero attached hydrogens (tertiary/aromatic N) is 3. The first-order valence-corrected chi connectivity index (χ1v) is 14.1. The smallest absolute Gasteiger partial charge is 0.325 e. The third-order valence-corrected chi connectivity index (χ3v) is 7.72. The Morgan fingerprint density at radius 1 is 1.14 bits per heavy atom. The molecule has 4 rings (SSSR count). The van der Waals surface area contributed by atoms with Crippen LogP contribution in [0.4, 0.5) is 5.69 Å². The van der Waals surface area contributed by atoms with Gasteiger partial charge in [0.05, 0.1) is 11.3 Å². The lowest BCUT2D eigenvalue weighted by atomic mass is 9.78. The number of benzene rings is 2. The van der Waals surface area contributed by atoms with E-state index in [9.17, 15) is 14.7 Å². The SMILES string of the molecule is CCSc1n[n+]2c(c(=O)[nH]1)-c1cc(Br)ccc1N(C(C)=O)[C@H]2c1cc(C(C)(C)C)c(O)c(C(C)(C)C)c1. The summed E-state index contributed by atoms with van der Waals surface area (Å²) in [6.07, 6.45) is -0.720. The topological polar surface area (TPSA) is 90.2 Å². The number of H-pyrrole nitrogens is 1. The molecule has 2 N–H and O–H groups in total. The van der Waals surface area contributed by atoms with Crippen LogP contribution >= 0.6 is 27.7 Å². The Morgan fingerprint density at radius 2 is 1.73 bits per heavy atom. The lowest BCUT2D eigenvalue weighted by molar-refractivity contribution is -0.763. The number of carbonyl (C=O) groups is 1. The van der Waals surface area contributed by atoms with E-state index in [2.05, 4.69) is 62.5 Å². The zero-order chi connectivity index (χ0) is 27.4. The van der Waals surface area contributed by atoms with Crippen LogP contribution in [0.3, 0.4) is 0 Å². The number of anilines is 1. The van der Waals surface area contributed by atoms with Gasteiger partial charge in [0, 0.05) is 33.2 Å². The van der Waals surface area contributed by atoms with E-state index in [0.29, 0.717) is 22.1 Å². The van der Waals surface area contributed by atoms with E-state index in [1.807, 2.05) is 37.3 Å². The van der Waals surface area contributed by atoms with Crippen LogP contribution in [0.2, 0.25) is 0 Å². The summed E-state index contributed by atoms with van der Waals surface area (Å²) in [4.78, 5) is 31.4. The van der Waals surface area contributed by atoms with Crippen molar-refractivity contribution in [3.05, 3.63) is 61.8 Å². The molecule has 0 saturated heterocycles. The standard InChI is InChI=1S/C28H33BrN4O3S/c1-9-37-26-30-24(36)22-18-14-17(29)10-11-21(18)32(15(2)34)25(33(22)31-26)16-12-19(27(3,4)5)23(35)20(13-16)28(6,7)8/h10-14,25H,9H2,1-8H3,(H-,30,31,35,36)/p+1/t25-/m1/s1. The molecule has 1 aliphatic rings. The molecule has 37 heavy (non-hydrogen) atoms. The van der Waals surface area contributed by atoms with E-state index in [1.165, 1.54) is 18.7 Å². The molecule has 0 aliphatic carbocycles. The van der Waals surface area contributed by atoms with Crippen molar-refractivity contribution >= 4 is 39.3 Å². The molecule has 7 nitrogen and oxygen atoms in total. The maximum absolute atomic E-state index is 13.5. The van der Waals surface area contributed by atoms with Crippen LogP contribution in [-0.4, -0.2) is 26.8 Å². The van der Waals surface area contributed by atoms with Crippen molar-refractivity contribution in [2.75, 3.05) is 10.7 Å². The quantitative estimate of drug-likeness (QED) is 0.299. The Hall–Kier alpha value is -2.65. The first-order chi connectivity index (χ1) is 17.1. The van der Waals surface area contributed by atoms with E-state index in [0.717, 1.165) is 26.9 Å². The number of halogens is 1. The van der Waals surface area contributed by atoms with Crippen molar-refractivity contribution in [3.8, 4) is 17.0 Å². The van der Waals surface area contributed by atoms with Gasteiger partial charge in [-0.2, -0.15) is 0 Å². The fraction of sp³-hybridized carbons (Fsp3) is 0.429. The van der Waals surface area contributed by atoms with E-state index in [1.54, 1.807) is 9.58 Å². The minimum Gasteiger partial charge on any atom is -0.507 e. The number of thioether (sulfide) groups is 1. The average Bonchev–Trinajstić information content (AvgIpc) is 2.76. The number of phenols is 1. The Balaban J connectivity index is 2.15. The molecule has 1 aliphatic heterocycles. The van der Waals surface area contributed by atoms with Crippen LogP contribution in [-0.2, 0) is 15.6 Å². The number of hydrogen-bond acceptors (Lipinski definition) is 5. The summed E-state index contributed by atoms with van der Waals surface area (Å²) >= 11 is 4.95. The summed E-state index contributed by atoms with van der Waals surface area (Å²) in [5, 5.41) is 16.7. The van der Waals surface area contributed by atoms with Gasteiger partial charge in [0.1, 0.15) is 5.75 Å². The highest BCUT2D eigenvalue weighted by atomic mass is 79.9. The maximum atomic E-state index is 13.5. The van der Waals surface area contributed by atoms with Gasteiger partial charge in [-0.15, -0.1) is 0 Å². The summed E-state index contributed by atoms with van der Waals surface area (Å²) in [6, 6.07) is 9.45. The molecule has 2 heterocycles. The maximum Gasteiger partial charge on any atom is 0.325 e. The normalized spacial score (nSPS) is 15.4. The second-order valence-electron chi connectivity index (χ2n) is 11.4. The van der Waals surface area contributed by atoms with Crippen molar-refractivity contribution in [1.29, 1.82) is 0 Å². The summed E-state index contributed by atoms with van der Waals surface area (Å²) in [5.74, 6) is 0.804. The predicted molar refractivity (Wildman–Crippen MR) is 151 cm³/mol. The third kappa shape index (κ3) is 4.95. The monoisotopic (exact) mass is 585 g/mol. The van der Waals surface area contributed by atoms with Crippen molar-refractivity contribution in [3.63, 3.8) is 0 Å². The largest absolute Gasteiger partial charge is 0.507 e. The minimum absolute atomic E-state index is 0.179. The number of fused-ring (bicyclic) bond motifs is 3. The Kier molecular flexibility index (Phi) is 7.09. The lowest BCUT2D eigenvalue weighted by Gasteiger charge is -2.34. The Labute approximate surface area is 230 Å². The molecule has 0 spiro atoms. The number of hydrogen-bond donors (Lipinski definition) is 2. The first-order valence-electron chi connectivity index (χ1n) is 12.3. The van der Waals surface area contributed by atoms with Gasteiger partial charge < -0.3 is 5.11 Å². The number of aromatic hydroxyl groups is 1. The van der Waals surface area contributed by atoms with E-state index in [4.69, 9.17) is 5.10 Å². The fourth-order valence-corrected chi connectivity index (χ4v) is 5.73. The highest BCUT2D eigenvalue weighted by molar-refractivity contribution is 9.10. The number of carbonyl (C=O) groups excluding carboxylic acids is 1. The molecule has 0 saturated carbocycles. The molecular weight excluding hydrogens is 552 g/mol. The number of amides is 1. The van der Waals surface area contributed by atoms with Crippen LogP contribution < -0.4 is 15.1 Å². The fourth-order valence-electron chi connectivity index (χ4n) is 4.79. The van der Waals surface area contributed by atoms with Crippen molar-refractivity contribution in [1.82, 2.24) is 10.1 Å². The molecule has 0 radical (unpaired) electrons. The third-order valence-electron chi connectivity index (χ3n) is 6.48. The highest BCUT2D eigenvalue weighted by Gasteiger charge is 2.46. The number of rotatable bonds is 3. The number of aromatic amines is 1. The molecule has 196 valence electrons. The van der Waals surface area contributed by atoms with Gasteiger partial charge in [0.15, 0.2) is 0 Å². The summed E-state index contributed by atoms with van der Waals surface area (Å²) in [6.45, 7) is 15.8. The van der Waals surface area contributed by atoms with Crippen LogP contribution in [0.5, 0.6) is 5.75 Å². The van der Waals surface area contributed by atoms with Crippen molar-refractivity contribution in [2.45, 2.75) is 77.5 Å². The predicted octanol–water partition coefficient (Wildman–Crippen LogP) is 5.81. The molecule has 9 heteroatoms. The summed E-state index contributed by atoms with van der Waals surface area (Å²) < 4.78 is 2.46. The van der Waals surface area contributed by atoms with Crippen LogP contribution in [0, 0.1) is 0 Å². The van der Waals surface area contributed by atoms with E-state index < -0.39 is 6.17 Å². The molecule has 0 fully saturated rings. The van der Waals surface area contributed by atoms with Gasteiger partial charge in [-0.3, -0.25) is 14.6 Å². The number of aromatic nitrogens is 3. The Bertz CT molecular complexity index is 1420. The van der Waals surface area contributed by atoms with Crippen LogP contribution in [0.15, 0.2) is 44.8 Å². The van der Waals surface area contributed by atoms with E-state index >= 15 is 0 Å². The molecule has 3 aromatic rings. The lowest BCUT2D eigenvalue weighted by Crippen LogP contribution is -2.60. The van der Waals surface area contributed by atoms with E-state index in [-0.39, 0.29) is 28.0 Å². The first kappa shape index (κ1) is 27.4. The van der Waals surface area contributed by atoms with Gasteiger partial charge in [0.25, 0.3) is 6.17 Å². The molecular formula is C28H34BrN4O3S+. The highest BCUT2D eigenvalue weighted by Crippen LogP contribution is 2.44. The number of phenolic OH excluding ortho intramolecular Hbond substituents is 1. The van der Waals surface area contributed by atoms with Gasteiger partial charge in [0.2, 0.25) is 11.1 Å². The molecule has 1 atom stereocenters. The summed E-state index contributed by atoms with van der Waals surface area (Å²) in [7, 11) is 0. The second-order valence-corrected chi connectivity index (χ2v) is 13.5. The molecule has 1 aromatic heterocycles. The second kappa shape index (κ2) is 9.58. The number of nitrogens with one attached hydrogen (secondary N) is 1. The Morgan fingerprint density at radius 3 is 2.24 bits per heavy atom. The van der Waals surface area contributed by atoms with Crippen molar-refractivity contribution < 1.29 is 14.6 Å².